The van der Waals surface area contributed by atoms with Gasteiger partial charge in [-0.3, -0.25) is 14.5 Å². The first-order chi connectivity index (χ1) is 21.4. The fraction of sp³-hybridized carbons (Fsp3) is 0.474. The quantitative estimate of drug-likeness (QED) is 0.325. The van der Waals surface area contributed by atoms with Gasteiger partial charge in [0.15, 0.2) is 11.9 Å². The predicted octanol–water partition coefficient (Wildman–Crippen LogP) is 6.13. The highest BCUT2D eigenvalue weighted by molar-refractivity contribution is 5.99. The van der Waals surface area contributed by atoms with E-state index < -0.39 is 6.10 Å². The van der Waals surface area contributed by atoms with Crippen molar-refractivity contribution >= 4 is 11.7 Å². The Morgan fingerprint density at radius 1 is 1.02 bits per heavy atom. The number of ketones is 1. The number of piperidine rings is 1. The minimum atomic E-state index is -0.438. The van der Waals surface area contributed by atoms with E-state index in [-0.39, 0.29) is 23.2 Å². The number of hydrogen-bond acceptors (Lipinski definition) is 5. The summed E-state index contributed by atoms with van der Waals surface area (Å²) < 4.78 is 12.3. The summed E-state index contributed by atoms with van der Waals surface area (Å²) in [6.07, 6.45) is 6.65. The van der Waals surface area contributed by atoms with Crippen LogP contribution in [0.2, 0.25) is 0 Å². The van der Waals surface area contributed by atoms with Gasteiger partial charge in [-0.05, 0) is 111 Å². The number of rotatable bonds is 9. The van der Waals surface area contributed by atoms with Crippen LogP contribution < -0.4 is 14.8 Å². The number of carbonyl (C=O) groups excluding carboxylic acids is 2. The van der Waals surface area contributed by atoms with E-state index in [9.17, 15) is 9.59 Å². The van der Waals surface area contributed by atoms with E-state index in [4.69, 9.17) is 9.47 Å². The van der Waals surface area contributed by atoms with Gasteiger partial charge in [0.25, 0.3) is 5.91 Å². The van der Waals surface area contributed by atoms with Crippen molar-refractivity contribution in [1.29, 1.82) is 0 Å². The van der Waals surface area contributed by atoms with E-state index in [2.05, 4.69) is 52.7 Å². The van der Waals surface area contributed by atoms with Crippen LogP contribution in [0.5, 0.6) is 11.5 Å². The number of likely N-dealkylation sites (tertiary alicyclic amines) is 1. The summed E-state index contributed by atoms with van der Waals surface area (Å²) in [6.45, 7) is 6.81. The first-order valence-corrected chi connectivity index (χ1v) is 16.6. The highest BCUT2D eigenvalue weighted by atomic mass is 16.5. The Kier molecular flexibility index (Phi) is 6.82. The summed E-state index contributed by atoms with van der Waals surface area (Å²) in [5.41, 5.74) is 6.26. The highest BCUT2D eigenvalue weighted by Crippen LogP contribution is 2.62. The van der Waals surface area contributed by atoms with Crippen molar-refractivity contribution in [2.24, 2.45) is 11.8 Å². The maximum Gasteiger partial charge on any atom is 0.255 e. The molecule has 2 aliphatic heterocycles. The number of amides is 1. The molecule has 6 heteroatoms. The van der Waals surface area contributed by atoms with Crippen molar-refractivity contribution < 1.29 is 19.1 Å². The molecule has 0 aromatic heterocycles. The second kappa shape index (κ2) is 10.8. The Morgan fingerprint density at radius 2 is 1.77 bits per heavy atom. The molecule has 1 N–H and O–H groups in total. The minimum absolute atomic E-state index is 0.115. The Bertz CT molecular complexity index is 1590. The van der Waals surface area contributed by atoms with Crippen molar-refractivity contribution in [3.8, 4) is 22.6 Å². The molecule has 1 amide bonds. The van der Waals surface area contributed by atoms with Gasteiger partial charge >= 0.3 is 0 Å². The van der Waals surface area contributed by atoms with Gasteiger partial charge in [0.2, 0.25) is 0 Å². The molecule has 3 aromatic rings. The fourth-order valence-electron chi connectivity index (χ4n) is 8.74. The number of nitrogens with zero attached hydrogens (tertiary/aromatic N) is 1. The molecule has 2 heterocycles. The molecule has 4 unspecified atom stereocenters. The van der Waals surface area contributed by atoms with Crippen LogP contribution in [0.3, 0.4) is 0 Å². The summed E-state index contributed by atoms with van der Waals surface area (Å²) >= 11 is 0. The normalized spacial score (nSPS) is 26.7. The maximum atomic E-state index is 13.6. The molecule has 1 saturated heterocycles. The summed E-state index contributed by atoms with van der Waals surface area (Å²) in [5.74, 6) is 2.95. The maximum absolute atomic E-state index is 13.6. The average molecular weight is 591 g/mol. The smallest absolute Gasteiger partial charge is 0.255 e. The number of benzene rings is 3. The number of Topliss-reactive ketones (excluding diaryl/α,β-unsaturated/α-hetero) is 1. The van der Waals surface area contributed by atoms with Crippen LogP contribution in [-0.2, 0) is 23.1 Å². The van der Waals surface area contributed by atoms with Crippen molar-refractivity contribution in [3.63, 3.8) is 0 Å². The summed E-state index contributed by atoms with van der Waals surface area (Å²) in [5, 5.41) is 3.15. The lowest BCUT2D eigenvalue weighted by Gasteiger charge is -2.57. The molecular weight excluding hydrogens is 548 g/mol. The molecule has 228 valence electrons. The second-order valence-corrected chi connectivity index (χ2v) is 14.0. The first-order valence-electron chi connectivity index (χ1n) is 16.6. The summed E-state index contributed by atoms with van der Waals surface area (Å²) in [4.78, 5) is 29.6. The molecule has 4 atom stereocenters. The lowest BCUT2D eigenvalue weighted by Crippen LogP contribution is -2.66. The van der Waals surface area contributed by atoms with E-state index in [0.717, 1.165) is 55.0 Å². The molecular formula is C38H42N2O4. The molecule has 2 bridgehead atoms. The Labute approximate surface area is 260 Å². The zero-order chi connectivity index (χ0) is 30.0. The number of hydrogen-bond donors (Lipinski definition) is 1. The lowest BCUT2D eigenvalue weighted by molar-refractivity contribution is -0.138. The van der Waals surface area contributed by atoms with Crippen molar-refractivity contribution in [2.45, 2.75) is 82.5 Å². The monoisotopic (exact) mass is 590 g/mol. The Morgan fingerprint density at radius 3 is 2.50 bits per heavy atom. The van der Waals surface area contributed by atoms with Crippen LogP contribution in [-0.4, -0.2) is 54.5 Å². The van der Waals surface area contributed by atoms with E-state index in [1.165, 1.54) is 36.1 Å². The van der Waals surface area contributed by atoms with Gasteiger partial charge in [-0.25, -0.2) is 0 Å². The number of nitrogens with one attached hydrogen (secondary N) is 1. The molecule has 44 heavy (non-hydrogen) atoms. The third kappa shape index (κ3) is 4.65. The molecule has 3 fully saturated rings. The van der Waals surface area contributed by atoms with Gasteiger partial charge in [-0.15, -0.1) is 0 Å². The van der Waals surface area contributed by atoms with E-state index in [0.29, 0.717) is 36.2 Å². The molecule has 5 aliphatic rings. The van der Waals surface area contributed by atoms with Crippen molar-refractivity contribution in [1.82, 2.24) is 10.2 Å². The second-order valence-electron chi connectivity index (χ2n) is 14.0. The molecule has 1 spiro atoms. The van der Waals surface area contributed by atoms with E-state index in [1.54, 1.807) is 0 Å². The van der Waals surface area contributed by atoms with Crippen molar-refractivity contribution in [3.05, 3.63) is 82.9 Å². The topological polar surface area (TPSA) is 67.9 Å². The van der Waals surface area contributed by atoms with Gasteiger partial charge in [0.05, 0.1) is 11.7 Å². The zero-order valence-electron chi connectivity index (χ0n) is 25.8. The van der Waals surface area contributed by atoms with Crippen LogP contribution in [0.15, 0.2) is 60.7 Å². The Balaban J connectivity index is 0.966. The van der Waals surface area contributed by atoms with Crippen LogP contribution in [0.1, 0.15) is 73.0 Å². The van der Waals surface area contributed by atoms with Crippen LogP contribution >= 0.6 is 0 Å². The summed E-state index contributed by atoms with van der Waals surface area (Å²) in [7, 11) is 0. The van der Waals surface area contributed by atoms with E-state index in [1.807, 2.05) is 32.0 Å². The molecule has 3 aliphatic carbocycles. The van der Waals surface area contributed by atoms with Gasteiger partial charge in [-0.2, -0.15) is 0 Å². The first kappa shape index (κ1) is 27.9. The third-order valence-corrected chi connectivity index (χ3v) is 10.9. The highest BCUT2D eigenvalue weighted by Gasteiger charge is 2.66. The van der Waals surface area contributed by atoms with Crippen LogP contribution in [0, 0.1) is 11.8 Å². The largest absolute Gasteiger partial charge is 0.491 e. The van der Waals surface area contributed by atoms with Gasteiger partial charge in [0.1, 0.15) is 11.5 Å². The molecule has 3 aromatic carbocycles. The van der Waals surface area contributed by atoms with Gasteiger partial charge in [0, 0.05) is 36.5 Å². The van der Waals surface area contributed by atoms with Gasteiger partial charge < -0.3 is 14.8 Å². The van der Waals surface area contributed by atoms with Crippen LogP contribution in [0.4, 0.5) is 0 Å². The molecule has 8 rings (SSSR count). The van der Waals surface area contributed by atoms with Crippen LogP contribution in [0.25, 0.3) is 11.1 Å². The summed E-state index contributed by atoms with van der Waals surface area (Å²) in [6, 6.07) is 21.3. The number of ether oxygens (including phenoxy) is 2. The van der Waals surface area contributed by atoms with E-state index >= 15 is 0 Å². The zero-order valence-corrected chi connectivity index (χ0v) is 25.8. The minimum Gasteiger partial charge on any atom is -0.491 e. The Hall–Kier alpha value is -3.64. The third-order valence-electron chi connectivity index (χ3n) is 10.9. The molecule has 6 nitrogen and oxygen atoms in total. The standard InChI is InChI=1S/C38H42N2O4/c1-23(2)43-29-12-9-27(10-13-29)26-7-5-24(6-8-26)17-19-39-37(42)30-14-11-28-21-32-31-15-16-33(41)36-38(31,34(28)35(30)44-36)18-20-40(32)22-25-3-4-25/h5-14,23,25,31-32,36H,3-4,15-22H2,1-2H3,(H,39,42). The van der Waals surface area contributed by atoms with Gasteiger partial charge in [-0.1, -0.05) is 42.5 Å². The average Bonchev–Trinajstić information content (AvgIpc) is 3.77. The molecule has 2 saturated carbocycles. The lowest BCUT2D eigenvalue weighted by atomic mass is 9.51. The SMILES string of the molecule is CC(C)Oc1ccc(-c2ccc(CCNC(=O)c3ccc4c5c3OC3C(=O)CCC6C(C4)N(CC4CC4)CCC536)cc2)cc1. The van der Waals surface area contributed by atoms with Crippen molar-refractivity contribution in [2.75, 3.05) is 19.6 Å². The molecule has 0 radical (unpaired) electrons. The predicted molar refractivity (Wildman–Crippen MR) is 170 cm³/mol. The number of carbonyl (C=O) groups is 2. The fourth-order valence-corrected chi connectivity index (χ4v) is 8.74.